The molecule has 4 nitrogen and oxygen atoms in total. The predicted octanol–water partition coefficient (Wildman–Crippen LogP) is 3.04. The van der Waals surface area contributed by atoms with Gasteiger partial charge in [-0.2, -0.15) is 11.8 Å². The van der Waals surface area contributed by atoms with Crippen molar-refractivity contribution < 1.29 is 14.7 Å². The summed E-state index contributed by atoms with van der Waals surface area (Å²) in [5.41, 5.74) is 0.361. The Hall–Kier alpha value is -0.720. The topological polar surface area (TPSA) is 66.4 Å². The van der Waals surface area contributed by atoms with E-state index in [1.54, 1.807) is 18.2 Å². The second-order valence-corrected chi connectivity index (χ2v) is 6.05. The number of amides is 1. The Morgan fingerprint density at radius 3 is 2.74 bits per heavy atom. The second kappa shape index (κ2) is 7.77. The molecule has 0 heterocycles. The number of thioether (sulfide) groups is 1. The van der Waals surface area contributed by atoms with Crippen LogP contribution in [0.3, 0.4) is 0 Å². The van der Waals surface area contributed by atoms with E-state index in [9.17, 15) is 9.59 Å². The van der Waals surface area contributed by atoms with E-state index in [4.69, 9.17) is 16.7 Å². The van der Waals surface area contributed by atoms with Crippen molar-refractivity contribution in [3.8, 4) is 0 Å². The zero-order valence-corrected chi connectivity index (χ0v) is 13.3. The molecule has 0 aliphatic rings. The predicted molar refractivity (Wildman–Crippen MR) is 81.0 cm³/mol. The van der Waals surface area contributed by atoms with E-state index >= 15 is 0 Å². The van der Waals surface area contributed by atoms with E-state index in [1.807, 2.05) is 6.26 Å². The van der Waals surface area contributed by atoms with Crippen molar-refractivity contribution in [2.24, 2.45) is 0 Å². The molecule has 0 aliphatic heterocycles. The minimum atomic E-state index is -1.03. The molecule has 0 aliphatic carbocycles. The molecule has 104 valence electrons. The van der Waals surface area contributed by atoms with Gasteiger partial charge in [0.2, 0.25) is 0 Å². The van der Waals surface area contributed by atoms with Crippen molar-refractivity contribution in [3.63, 3.8) is 0 Å². The summed E-state index contributed by atoms with van der Waals surface area (Å²) in [5.74, 6) is -0.802. The Morgan fingerprint density at radius 2 is 2.21 bits per heavy atom. The summed E-state index contributed by atoms with van der Waals surface area (Å²) in [6, 6.07) is 3.84. The van der Waals surface area contributed by atoms with Crippen LogP contribution < -0.4 is 5.32 Å². The highest BCUT2D eigenvalue weighted by molar-refractivity contribution is 9.10. The molecule has 0 aromatic heterocycles. The largest absolute Gasteiger partial charge is 0.480 e. The lowest BCUT2D eigenvalue weighted by Gasteiger charge is -2.14. The van der Waals surface area contributed by atoms with E-state index in [2.05, 4.69) is 21.2 Å². The Balaban J connectivity index is 2.78. The molecule has 2 N–H and O–H groups in total. The van der Waals surface area contributed by atoms with E-state index in [-0.39, 0.29) is 0 Å². The van der Waals surface area contributed by atoms with Gasteiger partial charge in [-0.25, -0.2) is 4.79 Å². The van der Waals surface area contributed by atoms with E-state index in [0.29, 0.717) is 27.2 Å². The molecule has 1 atom stereocenters. The van der Waals surface area contributed by atoms with Crippen molar-refractivity contribution in [2.45, 2.75) is 12.5 Å². The smallest absolute Gasteiger partial charge is 0.326 e. The number of carbonyl (C=O) groups excluding carboxylic acids is 1. The van der Waals surface area contributed by atoms with E-state index < -0.39 is 17.9 Å². The highest BCUT2D eigenvalue weighted by atomic mass is 79.9. The molecule has 1 aromatic rings. The number of rotatable bonds is 6. The van der Waals surface area contributed by atoms with Gasteiger partial charge in [-0.3, -0.25) is 4.79 Å². The number of carboxylic acid groups (broad SMARTS) is 1. The molecule has 1 rings (SSSR count). The first kappa shape index (κ1) is 16.3. The van der Waals surface area contributed by atoms with Gasteiger partial charge in [-0.1, -0.05) is 11.6 Å². The Bertz CT molecular complexity index is 484. The van der Waals surface area contributed by atoms with Crippen molar-refractivity contribution in [1.82, 2.24) is 5.32 Å². The van der Waals surface area contributed by atoms with Crippen LogP contribution in [0.2, 0.25) is 5.02 Å². The summed E-state index contributed by atoms with van der Waals surface area (Å²) in [4.78, 5) is 23.1. The summed E-state index contributed by atoms with van der Waals surface area (Å²) in [6.07, 6.45) is 2.27. The number of nitrogens with one attached hydrogen (secondary N) is 1. The molecular weight excluding hydrogens is 354 g/mol. The molecule has 1 aromatic carbocycles. The molecular formula is C12H13BrClNO3S. The second-order valence-electron chi connectivity index (χ2n) is 3.77. The average molecular weight is 367 g/mol. The lowest BCUT2D eigenvalue weighted by atomic mass is 10.1. The number of aliphatic carboxylic acids is 1. The fraction of sp³-hybridized carbons (Fsp3) is 0.333. The fourth-order valence-corrected chi connectivity index (χ4v) is 2.74. The SMILES string of the molecule is CSCC[C@H](NC(=O)c1ccc(Cl)cc1Br)C(=O)O. The molecule has 1 amide bonds. The van der Waals surface area contributed by atoms with Gasteiger partial charge in [-0.05, 0) is 52.6 Å². The van der Waals surface area contributed by atoms with Gasteiger partial charge >= 0.3 is 5.97 Å². The molecule has 7 heteroatoms. The number of halogens is 2. The standard InChI is InChI=1S/C12H13BrClNO3S/c1-19-5-4-10(12(17)18)15-11(16)8-3-2-7(14)6-9(8)13/h2-3,6,10H,4-5H2,1H3,(H,15,16)(H,17,18)/t10-/m0/s1. The van der Waals surface area contributed by atoms with Gasteiger partial charge in [-0.15, -0.1) is 0 Å². The average Bonchev–Trinajstić information content (AvgIpc) is 2.33. The molecule has 0 spiro atoms. The highest BCUT2D eigenvalue weighted by Crippen LogP contribution is 2.21. The molecule has 0 saturated carbocycles. The van der Waals surface area contributed by atoms with Gasteiger partial charge < -0.3 is 10.4 Å². The minimum absolute atomic E-state index is 0.361. The van der Waals surface area contributed by atoms with Crippen LogP contribution in [-0.2, 0) is 4.79 Å². The quantitative estimate of drug-likeness (QED) is 0.812. The van der Waals surface area contributed by atoms with Crippen LogP contribution in [0, 0.1) is 0 Å². The van der Waals surface area contributed by atoms with Crippen LogP contribution >= 0.6 is 39.3 Å². The first-order chi connectivity index (χ1) is 8.95. The fourth-order valence-electron chi connectivity index (χ4n) is 1.40. The van der Waals surface area contributed by atoms with Gasteiger partial charge in [0.1, 0.15) is 6.04 Å². The van der Waals surface area contributed by atoms with Gasteiger partial charge in [0.25, 0.3) is 5.91 Å². The summed E-state index contributed by atoms with van der Waals surface area (Å²) in [6.45, 7) is 0. The van der Waals surface area contributed by atoms with Crippen molar-refractivity contribution in [3.05, 3.63) is 33.3 Å². The maximum absolute atomic E-state index is 12.0. The zero-order valence-electron chi connectivity index (χ0n) is 10.2. The van der Waals surface area contributed by atoms with Crippen LogP contribution in [0.4, 0.5) is 0 Å². The molecule has 0 fully saturated rings. The van der Waals surface area contributed by atoms with E-state index in [1.165, 1.54) is 11.8 Å². The first-order valence-electron chi connectivity index (χ1n) is 5.43. The Morgan fingerprint density at radius 1 is 1.53 bits per heavy atom. The normalized spacial score (nSPS) is 11.9. The molecule has 0 bridgehead atoms. The molecule has 0 saturated heterocycles. The maximum atomic E-state index is 12.0. The monoisotopic (exact) mass is 365 g/mol. The highest BCUT2D eigenvalue weighted by Gasteiger charge is 2.21. The molecule has 19 heavy (non-hydrogen) atoms. The van der Waals surface area contributed by atoms with Crippen LogP contribution in [0.25, 0.3) is 0 Å². The Labute approximate surface area is 129 Å². The Kier molecular flexibility index (Phi) is 6.68. The van der Waals surface area contributed by atoms with Gasteiger partial charge in [0.05, 0.1) is 5.56 Å². The number of benzene rings is 1. The summed E-state index contributed by atoms with van der Waals surface area (Å²) in [5, 5.41) is 12.1. The van der Waals surface area contributed by atoms with E-state index in [0.717, 1.165) is 0 Å². The van der Waals surface area contributed by atoms with Gasteiger partial charge in [0, 0.05) is 9.50 Å². The van der Waals surface area contributed by atoms with Gasteiger partial charge in [0.15, 0.2) is 0 Å². The lowest BCUT2D eigenvalue weighted by molar-refractivity contribution is -0.139. The van der Waals surface area contributed by atoms with Crippen LogP contribution in [0.1, 0.15) is 16.8 Å². The molecule has 0 radical (unpaired) electrons. The first-order valence-corrected chi connectivity index (χ1v) is 8.00. The lowest BCUT2D eigenvalue weighted by Crippen LogP contribution is -2.41. The molecule has 0 unspecified atom stereocenters. The maximum Gasteiger partial charge on any atom is 0.326 e. The number of carbonyl (C=O) groups is 2. The van der Waals surface area contributed by atoms with Crippen molar-refractivity contribution >= 4 is 51.2 Å². The van der Waals surface area contributed by atoms with Crippen LogP contribution in [-0.4, -0.2) is 35.0 Å². The number of hydrogen-bond acceptors (Lipinski definition) is 3. The zero-order chi connectivity index (χ0) is 14.4. The third-order valence-corrected chi connectivity index (χ3v) is 3.92. The summed E-state index contributed by atoms with van der Waals surface area (Å²) >= 11 is 10.6. The van der Waals surface area contributed by atoms with Crippen molar-refractivity contribution in [1.29, 1.82) is 0 Å². The number of hydrogen-bond donors (Lipinski definition) is 2. The van der Waals surface area contributed by atoms with Crippen LogP contribution in [0.5, 0.6) is 0 Å². The van der Waals surface area contributed by atoms with Crippen molar-refractivity contribution in [2.75, 3.05) is 12.0 Å². The third-order valence-electron chi connectivity index (χ3n) is 2.39. The summed E-state index contributed by atoms with van der Waals surface area (Å²) in [7, 11) is 0. The third kappa shape index (κ3) is 5.04. The summed E-state index contributed by atoms with van der Waals surface area (Å²) < 4.78 is 0.534. The minimum Gasteiger partial charge on any atom is -0.480 e. The number of carboxylic acids is 1. The van der Waals surface area contributed by atoms with Crippen LogP contribution in [0.15, 0.2) is 22.7 Å².